The lowest BCUT2D eigenvalue weighted by molar-refractivity contribution is -0.144. The highest BCUT2D eigenvalue weighted by atomic mass is 19.4. The van der Waals surface area contributed by atoms with E-state index in [4.69, 9.17) is 4.74 Å². The van der Waals surface area contributed by atoms with Crippen LogP contribution < -0.4 is 10.1 Å². The molecule has 0 amide bonds. The molecule has 1 saturated heterocycles. The molecule has 0 radical (unpaired) electrons. The number of rotatable bonds is 9. The number of hydrogen-bond acceptors (Lipinski definition) is 5. The van der Waals surface area contributed by atoms with Gasteiger partial charge in [-0.1, -0.05) is 18.6 Å². The minimum Gasteiger partial charge on any atom is -0.494 e. The van der Waals surface area contributed by atoms with Crippen molar-refractivity contribution in [3.8, 4) is 5.75 Å². The van der Waals surface area contributed by atoms with E-state index in [0.717, 1.165) is 42.9 Å². The maximum atomic E-state index is 12.6. The molecule has 2 heterocycles. The number of alkyl halides is 3. The minimum absolute atomic E-state index is 0.114. The van der Waals surface area contributed by atoms with Gasteiger partial charge in [0.05, 0.1) is 6.61 Å². The van der Waals surface area contributed by atoms with Crippen LogP contribution in [0.15, 0.2) is 24.3 Å². The van der Waals surface area contributed by atoms with Gasteiger partial charge in [-0.15, -0.1) is 5.10 Å². The topological polar surface area (TPSA) is 55.2 Å². The van der Waals surface area contributed by atoms with Crippen LogP contribution in [0, 0.1) is 0 Å². The molecule has 3 rings (SSSR count). The van der Waals surface area contributed by atoms with Crippen molar-refractivity contribution in [2.45, 2.75) is 44.8 Å². The van der Waals surface area contributed by atoms with Gasteiger partial charge in [-0.3, -0.25) is 4.90 Å². The Bertz CT molecular complexity index is 772. The summed E-state index contributed by atoms with van der Waals surface area (Å²) >= 11 is 0. The maximum absolute atomic E-state index is 12.6. The molecule has 0 aliphatic carbocycles. The van der Waals surface area contributed by atoms with Crippen LogP contribution in [0.1, 0.15) is 43.5 Å². The molecule has 0 bridgehead atoms. The molecule has 1 aromatic carbocycles. The van der Waals surface area contributed by atoms with Crippen LogP contribution in [0.5, 0.6) is 5.75 Å². The van der Waals surface area contributed by atoms with Crippen LogP contribution in [-0.4, -0.2) is 45.9 Å². The summed E-state index contributed by atoms with van der Waals surface area (Å²) in [6.45, 7) is 4.34. The number of likely N-dealkylation sites (tertiary alicyclic amines) is 1. The normalized spacial score (nSPS) is 15.4. The number of unbranched alkanes of at least 4 members (excludes halogenated alkanes) is 1. The van der Waals surface area contributed by atoms with E-state index in [1.165, 1.54) is 31.9 Å². The molecule has 0 spiro atoms. The highest BCUT2D eigenvalue weighted by Crippen LogP contribution is 2.27. The molecule has 1 N–H and O–H groups in total. The molecule has 1 fully saturated rings. The predicted octanol–water partition coefficient (Wildman–Crippen LogP) is 4.09. The summed E-state index contributed by atoms with van der Waals surface area (Å²) in [5.41, 5.74) is 1.26. The molecule has 0 saturated carbocycles. The van der Waals surface area contributed by atoms with Gasteiger partial charge in [0.1, 0.15) is 5.75 Å². The fraction of sp³-hybridized carbons (Fsp3) is 0.600. The number of nitrogens with one attached hydrogen (secondary N) is 1. The maximum Gasteiger partial charge on any atom is 0.453 e. The van der Waals surface area contributed by atoms with Crippen molar-refractivity contribution in [2.24, 2.45) is 7.05 Å². The first-order valence-electron chi connectivity index (χ1n) is 10.1. The van der Waals surface area contributed by atoms with Crippen molar-refractivity contribution >= 4 is 5.95 Å². The Morgan fingerprint density at radius 2 is 1.93 bits per heavy atom. The number of aromatic nitrogens is 3. The fourth-order valence-electron chi connectivity index (χ4n) is 3.39. The number of piperidine rings is 1. The fourth-order valence-corrected chi connectivity index (χ4v) is 3.39. The standard InChI is InChI=1S/C20H28F3N5O/c1-27-19(25-18(26-27)20(21,22)23)24-10-3-6-13-29-17-9-7-8-16(14-17)15-28-11-4-2-5-12-28/h7-9,14H,2-6,10-13,15H2,1H3,(H,24,25,26). The average molecular weight is 411 g/mol. The zero-order valence-corrected chi connectivity index (χ0v) is 16.7. The highest BCUT2D eigenvalue weighted by molar-refractivity contribution is 5.28. The summed E-state index contributed by atoms with van der Waals surface area (Å²) in [4.78, 5) is 5.96. The number of benzene rings is 1. The first kappa shape index (κ1) is 21.4. The highest BCUT2D eigenvalue weighted by Gasteiger charge is 2.36. The Labute approximate surface area is 169 Å². The molecule has 6 nitrogen and oxygen atoms in total. The smallest absolute Gasteiger partial charge is 0.453 e. The van der Waals surface area contributed by atoms with Gasteiger partial charge < -0.3 is 10.1 Å². The van der Waals surface area contributed by atoms with Crippen LogP contribution in [0.2, 0.25) is 0 Å². The molecule has 9 heteroatoms. The van der Waals surface area contributed by atoms with E-state index in [1.54, 1.807) is 0 Å². The van der Waals surface area contributed by atoms with E-state index in [0.29, 0.717) is 13.2 Å². The van der Waals surface area contributed by atoms with Crippen molar-refractivity contribution in [1.82, 2.24) is 19.7 Å². The van der Waals surface area contributed by atoms with E-state index in [1.807, 2.05) is 12.1 Å². The van der Waals surface area contributed by atoms with Gasteiger partial charge in [-0.2, -0.15) is 18.2 Å². The van der Waals surface area contributed by atoms with Gasteiger partial charge in [0.2, 0.25) is 5.95 Å². The summed E-state index contributed by atoms with van der Waals surface area (Å²) in [6, 6.07) is 8.19. The van der Waals surface area contributed by atoms with Gasteiger partial charge in [0.25, 0.3) is 5.82 Å². The summed E-state index contributed by atoms with van der Waals surface area (Å²) < 4.78 is 44.8. The summed E-state index contributed by atoms with van der Waals surface area (Å²) in [6.07, 6.45) is 0.879. The van der Waals surface area contributed by atoms with Crippen molar-refractivity contribution in [3.05, 3.63) is 35.7 Å². The van der Waals surface area contributed by atoms with E-state index < -0.39 is 12.0 Å². The van der Waals surface area contributed by atoms with Crippen molar-refractivity contribution in [1.29, 1.82) is 0 Å². The Morgan fingerprint density at radius 3 is 2.66 bits per heavy atom. The molecule has 1 aliphatic rings. The summed E-state index contributed by atoms with van der Waals surface area (Å²) in [5, 5.41) is 6.26. The second-order valence-electron chi connectivity index (χ2n) is 7.35. The minimum atomic E-state index is -4.53. The van der Waals surface area contributed by atoms with Crippen LogP contribution in [-0.2, 0) is 19.8 Å². The lowest BCUT2D eigenvalue weighted by Crippen LogP contribution is -2.29. The Kier molecular flexibility index (Phi) is 7.35. The number of halogens is 3. The second-order valence-corrected chi connectivity index (χ2v) is 7.35. The molecule has 160 valence electrons. The first-order chi connectivity index (χ1) is 13.9. The predicted molar refractivity (Wildman–Crippen MR) is 105 cm³/mol. The zero-order chi connectivity index (χ0) is 20.7. The molecule has 29 heavy (non-hydrogen) atoms. The number of aryl methyl sites for hydroxylation is 1. The van der Waals surface area contributed by atoms with E-state index >= 15 is 0 Å². The van der Waals surface area contributed by atoms with Gasteiger partial charge in [0.15, 0.2) is 0 Å². The lowest BCUT2D eigenvalue weighted by atomic mass is 10.1. The Balaban J connectivity index is 1.35. The number of ether oxygens (including phenoxy) is 1. The average Bonchev–Trinajstić information content (AvgIpc) is 3.07. The summed E-state index contributed by atoms with van der Waals surface area (Å²) in [7, 11) is 1.44. The Hall–Kier alpha value is -2.29. The van der Waals surface area contributed by atoms with Gasteiger partial charge in [0, 0.05) is 20.1 Å². The SMILES string of the molecule is Cn1nc(C(F)(F)F)nc1NCCCCOc1cccc(CN2CCCCC2)c1. The number of nitrogens with zero attached hydrogens (tertiary/aromatic N) is 4. The lowest BCUT2D eigenvalue weighted by Gasteiger charge is -2.26. The van der Waals surface area contributed by atoms with Gasteiger partial charge >= 0.3 is 6.18 Å². The van der Waals surface area contributed by atoms with Gasteiger partial charge in [-0.05, 0) is 56.5 Å². The van der Waals surface area contributed by atoms with Crippen molar-refractivity contribution in [3.63, 3.8) is 0 Å². The third-order valence-electron chi connectivity index (χ3n) is 4.89. The number of anilines is 1. The van der Waals surface area contributed by atoms with E-state index in [-0.39, 0.29) is 5.95 Å². The van der Waals surface area contributed by atoms with Crippen molar-refractivity contribution in [2.75, 3.05) is 31.6 Å². The molecule has 2 aromatic rings. The van der Waals surface area contributed by atoms with E-state index in [2.05, 4.69) is 32.4 Å². The molecule has 1 aliphatic heterocycles. The molecular formula is C20H28F3N5O. The van der Waals surface area contributed by atoms with Crippen molar-refractivity contribution < 1.29 is 17.9 Å². The Morgan fingerprint density at radius 1 is 1.14 bits per heavy atom. The van der Waals surface area contributed by atoms with Crippen LogP contribution in [0.3, 0.4) is 0 Å². The monoisotopic (exact) mass is 411 g/mol. The third-order valence-corrected chi connectivity index (χ3v) is 4.89. The third kappa shape index (κ3) is 6.62. The quantitative estimate of drug-likeness (QED) is 0.630. The first-order valence-corrected chi connectivity index (χ1v) is 10.1. The zero-order valence-electron chi connectivity index (χ0n) is 16.7. The summed E-state index contributed by atoms with van der Waals surface area (Å²) in [5.74, 6) is -0.158. The second kappa shape index (κ2) is 9.96. The molecule has 0 unspecified atom stereocenters. The van der Waals surface area contributed by atoms with E-state index in [9.17, 15) is 13.2 Å². The largest absolute Gasteiger partial charge is 0.494 e. The molecule has 1 aromatic heterocycles. The molecule has 0 atom stereocenters. The van der Waals surface area contributed by atoms with Gasteiger partial charge in [-0.25, -0.2) is 4.68 Å². The van der Waals surface area contributed by atoms with Crippen LogP contribution >= 0.6 is 0 Å². The molecular weight excluding hydrogens is 383 g/mol. The van der Waals surface area contributed by atoms with Crippen LogP contribution in [0.25, 0.3) is 0 Å². The number of hydrogen-bond donors (Lipinski definition) is 1. The van der Waals surface area contributed by atoms with Crippen LogP contribution in [0.4, 0.5) is 19.1 Å².